The van der Waals surface area contributed by atoms with Crippen molar-refractivity contribution in [3.05, 3.63) is 67.8 Å². The predicted molar refractivity (Wildman–Crippen MR) is 470 cm³/mol. The van der Waals surface area contributed by atoms with Crippen LogP contribution in [0.1, 0.15) is 266 Å². The van der Waals surface area contributed by atoms with Crippen LogP contribution in [0.3, 0.4) is 0 Å². The molecule has 2 N–H and O–H groups in total. The number of carbonyl (C=O) groups is 9. The minimum atomic E-state index is -1.11. The van der Waals surface area contributed by atoms with Gasteiger partial charge in [-0.05, 0) is 206 Å². The molecule has 4 aromatic rings. The summed E-state index contributed by atoms with van der Waals surface area (Å²) in [5.41, 5.74) is 0.699. The highest BCUT2D eigenvalue weighted by molar-refractivity contribution is 9.10. The van der Waals surface area contributed by atoms with E-state index in [9.17, 15) is 48.3 Å². The molecule has 5 aliphatic rings. The molecule has 2 saturated carbocycles. The van der Waals surface area contributed by atoms with Crippen molar-refractivity contribution in [3.63, 3.8) is 0 Å². The third kappa shape index (κ3) is 30.9. The predicted octanol–water partition coefficient (Wildman–Crippen LogP) is 17.2. The molecule has 0 unspecified atom stereocenters. The number of amides is 5. The molecule has 0 spiro atoms. The minimum Gasteiger partial charge on any atom is -0.477 e. The van der Waals surface area contributed by atoms with E-state index in [4.69, 9.17) is 23.7 Å². The summed E-state index contributed by atoms with van der Waals surface area (Å²) in [6.07, 6.45) is 10.9. The lowest BCUT2D eigenvalue weighted by Gasteiger charge is -2.38. The van der Waals surface area contributed by atoms with Gasteiger partial charge in [0, 0.05) is 77.2 Å². The van der Waals surface area contributed by atoms with Crippen LogP contribution in [0.15, 0.2) is 28.7 Å². The molecule has 27 heteroatoms. The van der Waals surface area contributed by atoms with Gasteiger partial charge in [0.2, 0.25) is 29.5 Å². The molecule has 7 heterocycles. The van der Waals surface area contributed by atoms with Crippen LogP contribution >= 0.6 is 61.3 Å². The fraction of sp³-hybridized carbons (Fsp3) is 0.633. The summed E-state index contributed by atoms with van der Waals surface area (Å²) in [6, 6.07) is 5.33. The van der Waals surface area contributed by atoms with Crippen molar-refractivity contribution in [3.8, 4) is 47.4 Å². The molecule has 0 radical (unpaired) electrons. The average Bonchev–Trinajstić information content (AvgIpc) is 1.70. The first-order chi connectivity index (χ1) is 55.1. The Kier molecular flexibility index (Phi) is 38.9. The van der Waals surface area contributed by atoms with Gasteiger partial charge < -0.3 is 53.5 Å². The van der Waals surface area contributed by atoms with E-state index in [1.54, 1.807) is 26.8 Å². The van der Waals surface area contributed by atoms with Crippen LogP contribution in [0.5, 0.6) is 0 Å². The maximum absolute atomic E-state index is 14.2. The second-order valence-electron chi connectivity index (χ2n) is 34.3. The van der Waals surface area contributed by atoms with E-state index >= 15 is 0 Å². The number of thiophene rings is 4. The standard InChI is InChI=1S/C29H42N2O5S.C28H40N2O5S.C21H30N2O4S.C12H13BrO2S/c1-7-8-23(27(33)30-15-17-36-18-16-30)31(26(32)21-11-9-20(2)10-12-21)24-19-22(13-14-29(3,4)5)37-25(24)28(34)35-6;1-6-7-22(26(32)29-14-16-35-17-15-29)30(25(31)20-10-8-19(2)9-11-20)23-18-21(12-13-28(3,4)5)36-24(23)27(33)34;1-6-7-16(19(24)23-10-12-27-13-11-23)22-17-14-15(8-9-21(2,3)4)28-18(17)20(25)26-5;1-12(2,3)6-5-8-7-9(13)10(16-8)11(14)15-4/h19-21,23H,7-12,15-18H2,1-6H3;18-20,22H,6-11,14-17H2,1-5H3,(H,33,34);14,16,22H,6-7,10-13H2,1-5H3;7H,1-4H3/t20?,21?,23-;19?,20?,22-;16-;/m000./s1. The number of esters is 3. The highest BCUT2D eigenvalue weighted by atomic mass is 79.9. The number of halogens is 1. The summed E-state index contributed by atoms with van der Waals surface area (Å²) in [7, 11) is 4.06. The number of nitrogens with zero attached hydrogens (tertiary/aromatic N) is 5. The van der Waals surface area contributed by atoms with Crippen molar-refractivity contribution >= 4 is 132 Å². The highest BCUT2D eigenvalue weighted by Crippen LogP contribution is 2.41. The van der Waals surface area contributed by atoms with Crippen LogP contribution in [0, 0.1) is 92.7 Å². The Hall–Kier alpha value is -7.57. The van der Waals surface area contributed by atoms with Gasteiger partial charge in [-0.3, -0.25) is 33.8 Å². The van der Waals surface area contributed by atoms with Crippen molar-refractivity contribution in [1.82, 2.24) is 14.7 Å². The molecule has 3 atom stereocenters. The Bertz CT molecular complexity index is 4290. The van der Waals surface area contributed by atoms with Crippen LogP contribution in [0.25, 0.3) is 0 Å². The summed E-state index contributed by atoms with van der Waals surface area (Å²) in [5, 5.41) is 13.4. The van der Waals surface area contributed by atoms with Gasteiger partial charge in [0.1, 0.15) is 37.6 Å². The number of hydrogen-bond acceptors (Lipinski definition) is 20. The fourth-order valence-electron chi connectivity index (χ4n) is 13.4. The molecule has 5 amide bonds. The van der Waals surface area contributed by atoms with Gasteiger partial charge in [0.05, 0.1) is 97.5 Å². The summed E-state index contributed by atoms with van der Waals surface area (Å²) in [6.45, 7) is 40.9. The second-order valence-corrected chi connectivity index (χ2v) is 39.4. The molecule has 5 fully saturated rings. The summed E-state index contributed by atoms with van der Waals surface area (Å²) in [5.74, 6) is 23.1. The fourth-order valence-corrected chi connectivity index (χ4v) is 17.6. The van der Waals surface area contributed by atoms with E-state index < -0.39 is 36.0 Å². The molecule has 3 aliphatic heterocycles. The molecule has 4 aromatic heterocycles. The normalized spacial score (nSPS) is 18.3. The zero-order valence-corrected chi connectivity index (χ0v) is 77.4. The van der Waals surface area contributed by atoms with Crippen molar-refractivity contribution in [2.24, 2.45) is 45.3 Å². The molecule has 642 valence electrons. The first-order valence-electron chi connectivity index (χ1n) is 41.0. The Labute approximate surface area is 719 Å². The SMILES string of the molecule is CCC[C@@H](C(=O)N1CCOCC1)N(C(=O)C1CCC(C)CC1)c1cc(C#CC(C)(C)C)sc1C(=O)O.CCC[C@@H](C(=O)N1CCOCC1)N(C(=O)C1CCC(C)CC1)c1cc(C#CC(C)(C)C)sc1C(=O)OC.CCC[C@H](Nc1cc(C#CC(C)(C)C)sc1C(=O)OC)C(=O)N1CCOCC1.COC(=O)c1sc(C#CC(C)(C)C)cc1Br. The number of carboxylic acids is 1. The monoisotopic (exact) mass is 1750 g/mol. The molecule has 0 aromatic carbocycles. The van der Waals surface area contributed by atoms with Gasteiger partial charge in [-0.2, -0.15) is 0 Å². The van der Waals surface area contributed by atoms with E-state index in [0.29, 0.717) is 158 Å². The first kappa shape index (κ1) is 98.3. The maximum atomic E-state index is 14.2. The van der Waals surface area contributed by atoms with E-state index in [0.717, 1.165) is 89.8 Å². The van der Waals surface area contributed by atoms with E-state index in [1.807, 2.05) is 121 Å². The third-order valence-corrected chi connectivity index (χ3v) is 24.6. The van der Waals surface area contributed by atoms with E-state index in [2.05, 4.69) is 87.2 Å². The molecular formula is C90H125BrN6O16S4. The quantitative estimate of drug-likeness (QED) is 0.0446. The molecule has 9 rings (SSSR count). The number of aromatic carboxylic acids is 1. The van der Waals surface area contributed by atoms with Gasteiger partial charge in [0.15, 0.2) is 0 Å². The molecule has 3 saturated heterocycles. The summed E-state index contributed by atoms with van der Waals surface area (Å²) >= 11 is 8.24. The maximum Gasteiger partial charge on any atom is 0.350 e. The van der Waals surface area contributed by atoms with Crippen LogP contribution in [-0.2, 0) is 52.4 Å². The van der Waals surface area contributed by atoms with Crippen LogP contribution in [-0.4, -0.2) is 192 Å². The lowest BCUT2D eigenvalue weighted by molar-refractivity contribution is -0.139. The zero-order valence-electron chi connectivity index (χ0n) is 72.6. The number of ether oxygens (including phenoxy) is 6. The van der Waals surface area contributed by atoms with Crippen molar-refractivity contribution in [1.29, 1.82) is 0 Å². The second kappa shape index (κ2) is 46.3. The molecule has 0 bridgehead atoms. The minimum absolute atomic E-state index is 0.0366. The smallest absolute Gasteiger partial charge is 0.350 e. The number of carbonyl (C=O) groups excluding carboxylic acids is 8. The molecule has 117 heavy (non-hydrogen) atoms. The number of hydrogen-bond donors (Lipinski definition) is 2. The lowest BCUT2D eigenvalue weighted by Crippen LogP contribution is -2.55. The van der Waals surface area contributed by atoms with Crippen LogP contribution < -0.4 is 15.1 Å². The van der Waals surface area contributed by atoms with Gasteiger partial charge in [-0.1, -0.05) is 101 Å². The van der Waals surface area contributed by atoms with Gasteiger partial charge in [-0.25, -0.2) is 19.2 Å². The zero-order chi connectivity index (χ0) is 86.7. The Morgan fingerprint density at radius 2 is 0.769 bits per heavy atom. The Balaban J connectivity index is 0.000000251. The highest BCUT2D eigenvalue weighted by Gasteiger charge is 2.43. The summed E-state index contributed by atoms with van der Waals surface area (Å²) < 4.78 is 31.7. The molecule has 22 nitrogen and oxygen atoms in total. The number of rotatable bonds is 21. The lowest BCUT2D eigenvalue weighted by atomic mass is 9.82. The topological polar surface area (TPSA) is 257 Å². The van der Waals surface area contributed by atoms with Crippen LogP contribution in [0.4, 0.5) is 17.1 Å². The Morgan fingerprint density at radius 1 is 0.462 bits per heavy atom. The number of carboxylic acid groups (broad SMARTS) is 1. The molecular weight excluding hydrogens is 1630 g/mol. The number of anilines is 3. The average molecular weight is 1760 g/mol. The van der Waals surface area contributed by atoms with E-state index in [1.165, 1.54) is 60.2 Å². The molecule has 2 aliphatic carbocycles. The third-order valence-electron chi connectivity index (χ3n) is 19.6. The van der Waals surface area contributed by atoms with Crippen molar-refractivity contribution in [2.45, 2.75) is 226 Å². The van der Waals surface area contributed by atoms with E-state index in [-0.39, 0.29) is 73.9 Å². The number of morpholine rings is 3. The van der Waals surface area contributed by atoms with Gasteiger partial charge >= 0.3 is 23.9 Å². The van der Waals surface area contributed by atoms with Crippen LogP contribution in [0.2, 0.25) is 0 Å². The van der Waals surface area contributed by atoms with Gasteiger partial charge in [-0.15, -0.1) is 45.3 Å². The Morgan fingerprint density at radius 3 is 1.12 bits per heavy atom. The summed E-state index contributed by atoms with van der Waals surface area (Å²) in [4.78, 5) is 131. The first-order valence-corrected chi connectivity index (χ1v) is 45.0. The number of nitrogens with one attached hydrogen (secondary N) is 1. The van der Waals surface area contributed by atoms with Gasteiger partial charge in [0.25, 0.3) is 0 Å². The van der Waals surface area contributed by atoms with Crippen molar-refractivity contribution in [2.75, 3.05) is 115 Å². The van der Waals surface area contributed by atoms with Crippen molar-refractivity contribution < 1.29 is 76.7 Å². The number of methoxy groups -OCH3 is 3. The largest absolute Gasteiger partial charge is 0.477 e.